The van der Waals surface area contributed by atoms with Gasteiger partial charge in [-0.05, 0) is 18.8 Å². The standard InChI is InChI=1S/C11H23NO/c1-3-5-7-10(4-2)8-6-9-11(12)13/h10H,3-9H2,1-2H3,(H2,12,13). The minimum absolute atomic E-state index is 0.162. The monoisotopic (exact) mass is 185 g/mol. The number of hydrogen-bond acceptors (Lipinski definition) is 1. The molecular weight excluding hydrogens is 162 g/mol. The fraction of sp³-hybridized carbons (Fsp3) is 0.909. The summed E-state index contributed by atoms with van der Waals surface area (Å²) in [5, 5.41) is 0. The van der Waals surface area contributed by atoms with E-state index in [9.17, 15) is 4.79 Å². The molecule has 1 atom stereocenters. The molecule has 0 aliphatic rings. The van der Waals surface area contributed by atoms with E-state index in [2.05, 4.69) is 13.8 Å². The molecule has 0 radical (unpaired) electrons. The minimum Gasteiger partial charge on any atom is -0.370 e. The van der Waals surface area contributed by atoms with Crippen LogP contribution in [-0.2, 0) is 4.79 Å². The summed E-state index contributed by atoms with van der Waals surface area (Å²) in [6, 6.07) is 0. The third kappa shape index (κ3) is 7.82. The van der Waals surface area contributed by atoms with Crippen LogP contribution in [0.15, 0.2) is 0 Å². The third-order valence-electron chi connectivity index (χ3n) is 2.58. The van der Waals surface area contributed by atoms with Gasteiger partial charge < -0.3 is 5.73 Å². The molecule has 0 rings (SSSR count). The van der Waals surface area contributed by atoms with Crippen LogP contribution in [0.4, 0.5) is 0 Å². The second-order valence-electron chi connectivity index (χ2n) is 3.78. The number of primary amides is 1. The van der Waals surface area contributed by atoms with Crippen molar-refractivity contribution in [2.24, 2.45) is 11.7 Å². The molecule has 0 aromatic heterocycles. The fourth-order valence-electron chi connectivity index (χ4n) is 1.61. The van der Waals surface area contributed by atoms with E-state index in [1.807, 2.05) is 0 Å². The maximum atomic E-state index is 10.5. The van der Waals surface area contributed by atoms with E-state index < -0.39 is 0 Å². The first-order valence-electron chi connectivity index (χ1n) is 5.49. The van der Waals surface area contributed by atoms with Crippen LogP contribution in [0.1, 0.15) is 58.8 Å². The molecule has 1 unspecified atom stereocenters. The number of carbonyl (C=O) groups excluding carboxylic acids is 1. The summed E-state index contributed by atoms with van der Waals surface area (Å²) in [6.07, 6.45) is 7.82. The highest BCUT2D eigenvalue weighted by Crippen LogP contribution is 2.18. The zero-order valence-electron chi connectivity index (χ0n) is 9.01. The molecule has 0 spiro atoms. The summed E-state index contributed by atoms with van der Waals surface area (Å²) < 4.78 is 0. The predicted octanol–water partition coefficient (Wildman–Crippen LogP) is 2.86. The van der Waals surface area contributed by atoms with Crippen molar-refractivity contribution in [2.75, 3.05) is 0 Å². The van der Waals surface area contributed by atoms with Gasteiger partial charge in [-0.2, -0.15) is 0 Å². The maximum absolute atomic E-state index is 10.5. The molecule has 0 fully saturated rings. The second kappa shape index (κ2) is 8.09. The number of rotatable bonds is 8. The molecule has 13 heavy (non-hydrogen) atoms. The topological polar surface area (TPSA) is 43.1 Å². The van der Waals surface area contributed by atoms with Crippen LogP contribution < -0.4 is 5.73 Å². The van der Waals surface area contributed by atoms with Gasteiger partial charge in [0.25, 0.3) is 0 Å². The molecule has 0 aliphatic heterocycles. The minimum atomic E-state index is -0.162. The number of unbranched alkanes of at least 4 members (excludes halogenated alkanes) is 1. The predicted molar refractivity (Wildman–Crippen MR) is 56.4 cm³/mol. The number of nitrogens with two attached hydrogens (primary N) is 1. The van der Waals surface area contributed by atoms with Crippen LogP contribution in [0.5, 0.6) is 0 Å². The van der Waals surface area contributed by atoms with Crippen LogP contribution >= 0.6 is 0 Å². The number of carbonyl (C=O) groups is 1. The van der Waals surface area contributed by atoms with Crippen LogP contribution in [-0.4, -0.2) is 5.91 Å². The summed E-state index contributed by atoms with van der Waals surface area (Å²) in [6.45, 7) is 4.45. The van der Waals surface area contributed by atoms with E-state index in [1.165, 1.54) is 32.1 Å². The Morgan fingerprint density at radius 1 is 1.23 bits per heavy atom. The van der Waals surface area contributed by atoms with Gasteiger partial charge in [-0.25, -0.2) is 0 Å². The van der Waals surface area contributed by atoms with E-state index >= 15 is 0 Å². The van der Waals surface area contributed by atoms with Crippen molar-refractivity contribution in [1.82, 2.24) is 0 Å². The van der Waals surface area contributed by atoms with Gasteiger partial charge in [-0.1, -0.05) is 39.5 Å². The smallest absolute Gasteiger partial charge is 0.217 e. The Labute approximate surface area is 81.9 Å². The number of hydrogen-bond donors (Lipinski definition) is 1. The molecule has 0 aliphatic carbocycles. The summed E-state index contributed by atoms with van der Waals surface area (Å²) >= 11 is 0. The fourth-order valence-corrected chi connectivity index (χ4v) is 1.61. The van der Waals surface area contributed by atoms with Crippen molar-refractivity contribution in [3.8, 4) is 0 Å². The Balaban J connectivity index is 3.41. The van der Waals surface area contributed by atoms with Gasteiger partial charge in [0, 0.05) is 6.42 Å². The lowest BCUT2D eigenvalue weighted by Gasteiger charge is -2.13. The van der Waals surface area contributed by atoms with Gasteiger partial charge in [0.05, 0.1) is 0 Å². The van der Waals surface area contributed by atoms with Crippen LogP contribution in [0.2, 0.25) is 0 Å². The van der Waals surface area contributed by atoms with Gasteiger partial charge >= 0.3 is 0 Å². The van der Waals surface area contributed by atoms with Crippen molar-refractivity contribution in [3.05, 3.63) is 0 Å². The molecule has 0 aromatic rings. The summed E-state index contributed by atoms with van der Waals surface area (Å²) in [4.78, 5) is 10.5. The van der Waals surface area contributed by atoms with E-state index in [0.29, 0.717) is 6.42 Å². The highest BCUT2D eigenvalue weighted by molar-refractivity contribution is 5.73. The first-order valence-corrected chi connectivity index (χ1v) is 5.49. The van der Waals surface area contributed by atoms with Gasteiger partial charge in [0.15, 0.2) is 0 Å². The zero-order chi connectivity index (χ0) is 10.1. The lowest BCUT2D eigenvalue weighted by atomic mass is 9.93. The first kappa shape index (κ1) is 12.5. The Morgan fingerprint density at radius 2 is 1.85 bits per heavy atom. The molecule has 0 saturated heterocycles. The average Bonchev–Trinajstić information content (AvgIpc) is 2.10. The average molecular weight is 185 g/mol. The van der Waals surface area contributed by atoms with E-state index in [4.69, 9.17) is 5.73 Å². The molecule has 2 N–H and O–H groups in total. The van der Waals surface area contributed by atoms with Gasteiger partial charge in [0.1, 0.15) is 0 Å². The van der Waals surface area contributed by atoms with E-state index in [1.54, 1.807) is 0 Å². The third-order valence-corrected chi connectivity index (χ3v) is 2.58. The van der Waals surface area contributed by atoms with Crippen molar-refractivity contribution in [2.45, 2.75) is 58.8 Å². The molecule has 0 bridgehead atoms. The highest BCUT2D eigenvalue weighted by atomic mass is 16.1. The van der Waals surface area contributed by atoms with Crippen molar-refractivity contribution in [1.29, 1.82) is 0 Å². The molecule has 0 heterocycles. The summed E-state index contributed by atoms with van der Waals surface area (Å²) in [5.41, 5.74) is 5.08. The van der Waals surface area contributed by atoms with E-state index in [0.717, 1.165) is 12.3 Å². The lowest BCUT2D eigenvalue weighted by molar-refractivity contribution is -0.118. The largest absolute Gasteiger partial charge is 0.370 e. The molecule has 2 nitrogen and oxygen atoms in total. The highest BCUT2D eigenvalue weighted by Gasteiger charge is 2.05. The van der Waals surface area contributed by atoms with Crippen molar-refractivity contribution >= 4 is 5.91 Å². The maximum Gasteiger partial charge on any atom is 0.217 e. The van der Waals surface area contributed by atoms with Crippen LogP contribution in [0.3, 0.4) is 0 Å². The second-order valence-corrected chi connectivity index (χ2v) is 3.78. The van der Waals surface area contributed by atoms with Crippen molar-refractivity contribution < 1.29 is 4.79 Å². The summed E-state index contributed by atoms with van der Waals surface area (Å²) in [5.74, 6) is 0.643. The molecule has 0 aromatic carbocycles. The molecule has 78 valence electrons. The Morgan fingerprint density at radius 3 is 2.31 bits per heavy atom. The van der Waals surface area contributed by atoms with Gasteiger partial charge in [-0.15, -0.1) is 0 Å². The Kier molecular flexibility index (Phi) is 7.76. The Hall–Kier alpha value is -0.530. The first-order chi connectivity index (χ1) is 6.20. The molecule has 1 amide bonds. The van der Waals surface area contributed by atoms with Gasteiger partial charge in [0.2, 0.25) is 5.91 Å². The van der Waals surface area contributed by atoms with Gasteiger partial charge in [-0.3, -0.25) is 4.79 Å². The lowest BCUT2D eigenvalue weighted by Crippen LogP contribution is -2.10. The quantitative estimate of drug-likeness (QED) is 0.621. The number of amides is 1. The van der Waals surface area contributed by atoms with Crippen LogP contribution in [0, 0.1) is 5.92 Å². The molecular formula is C11H23NO. The molecule has 0 saturated carbocycles. The summed E-state index contributed by atoms with van der Waals surface area (Å²) in [7, 11) is 0. The molecule has 2 heteroatoms. The SMILES string of the molecule is CCCCC(CC)CCCC(N)=O. The van der Waals surface area contributed by atoms with E-state index in [-0.39, 0.29) is 5.91 Å². The zero-order valence-corrected chi connectivity index (χ0v) is 9.01. The normalized spacial score (nSPS) is 12.8. The van der Waals surface area contributed by atoms with Crippen LogP contribution in [0.25, 0.3) is 0 Å². The Bertz CT molecular complexity index is 134. The van der Waals surface area contributed by atoms with Crippen molar-refractivity contribution in [3.63, 3.8) is 0 Å².